The third kappa shape index (κ3) is 4.79. The number of H-pyrrole nitrogens is 1. The fourth-order valence-corrected chi connectivity index (χ4v) is 4.67. The second kappa shape index (κ2) is 8.97. The average molecular weight is 410 g/mol. The lowest BCUT2D eigenvalue weighted by atomic mass is 10.2. The molecule has 7 heteroatoms. The predicted molar refractivity (Wildman–Crippen MR) is 115 cm³/mol. The Balaban J connectivity index is 1.52. The molecule has 0 unspecified atom stereocenters. The van der Waals surface area contributed by atoms with Crippen molar-refractivity contribution in [1.82, 2.24) is 24.6 Å². The first kappa shape index (κ1) is 19.9. The number of nitrogens with one attached hydrogen (secondary N) is 1. The van der Waals surface area contributed by atoms with E-state index in [0.29, 0.717) is 5.75 Å². The van der Waals surface area contributed by atoms with Crippen LogP contribution in [0.2, 0.25) is 0 Å². The Labute approximate surface area is 175 Å². The zero-order valence-electron chi connectivity index (χ0n) is 17.0. The molecule has 0 atom stereocenters. The van der Waals surface area contributed by atoms with Gasteiger partial charge in [-0.1, -0.05) is 42.1 Å². The van der Waals surface area contributed by atoms with Crippen molar-refractivity contribution in [3.05, 3.63) is 64.7 Å². The Bertz CT molecular complexity index is 973. The highest BCUT2D eigenvalue weighted by Gasteiger charge is 2.20. The molecule has 3 heterocycles. The summed E-state index contributed by atoms with van der Waals surface area (Å²) < 4.78 is 2.17. The van der Waals surface area contributed by atoms with Crippen LogP contribution in [-0.4, -0.2) is 49.3 Å². The minimum Gasteiger partial charge on any atom is -0.362 e. The van der Waals surface area contributed by atoms with Crippen molar-refractivity contribution in [2.45, 2.75) is 44.9 Å². The van der Waals surface area contributed by atoms with Gasteiger partial charge in [0, 0.05) is 17.0 Å². The molecular formula is C22H27N5OS. The van der Waals surface area contributed by atoms with Crippen LogP contribution in [0.3, 0.4) is 0 Å². The van der Waals surface area contributed by atoms with E-state index in [2.05, 4.69) is 36.8 Å². The summed E-state index contributed by atoms with van der Waals surface area (Å²) in [5.74, 6) is 1.45. The maximum Gasteiger partial charge on any atom is 0.192 e. The molecule has 0 saturated carbocycles. The molecule has 2 aromatic heterocycles. The number of aromatic nitrogens is 4. The second-order valence-electron chi connectivity index (χ2n) is 7.66. The summed E-state index contributed by atoms with van der Waals surface area (Å²) in [6.45, 7) is 7.67. The van der Waals surface area contributed by atoms with Crippen LogP contribution in [0, 0.1) is 13.8 Å². The van der Waals surface area contributed by atoms with Gasteiger partial charge in [-0.2, -0.15) is 0 Å². The molecule has 3 aromatic rings. The number of thioether (sulfide) groups is 1. The van der Waals surface area contributed by atoms with Crippen molar-refractivity contribution in [2.24, 2.45) is 0 Å². The number of benzene rings is 1. The lowest BCUT2D eigenvalue weighted by molar-refractivity contribution is 0.102. The van der Waals surface area contributed by atoms with Gasteiger partial charge in [-0.25, -0.2) is 0 Å². The number of aromatic amines is 1. The van der Waals surface area contributed by atoms with E-state index in [4.69, 9.17) is 0 Å². The quantitative estimate of drug-likeness (QED) is 0.452. The van der Waals surface area contributed by atoms with Crippen LogP contribution in [0.25, 0.3) is 0 Å². The zero-order valence-corrected chi connectivity index (χ0v) is 17.8. The lowest BCUT2D eigenvalue weighted by Crippen LogP contribution is -2.21. The Morgan fingerprint density at radius 3 is 2.55 bits per heavy atom. The first-order chi connectivity index (χ1) is 14.1. The maximum absolute atomic E-state index is 12.7. The van der Waals surface area contributed by atoms with Gasteiger partial charge in [-0.3, -0.25) is 9.69 Å². The van der Waals surface area contributed by atoms with Crippen LogP contribution in [0.15, 0.2) is 41.6 Å². The number of aryl methyl sites for hydroxylation is 2. The number of hydrogen-bond donors (Lipinski definition) is 1. The van der Waals surface area contributed by atoms with Crippen molar-refractivity contribution in [2.75, 3.05) is 18.8 Å². The number of nitrogens with zero attached hydrogens (tertiary/aromatic N) is 4. The minimum absolute atomic E-state index is 0.118. The SMILES string of the molecule is Cc1cc(C(=O)CSc2nnc(CN3CCCC3)n2Cc2ccccc2)c(C)[nH]1. The fraction of sp³-hybridized carbons (Fsp3) is 0.409. The summed E-state index contributed by atoms with van der Waals surface area (Å²) in [6.07, 6.45) is 2.50. The second-order valence-corrected chi connectivity index (χ2v) is 8.60. The molecule has 0 radical (unpaired) electrons. The zero-order chi connectivity index (χ0) is 20.2. The molecule has 6 nitrogen and oxygen atoms in total. The summed E-state index contributed by atoms with van der Waals surface area (Å²) in [5.41, 5.74) is 3.91. The molecule has 29 heavy (non-hydrogen) atoms. The van der Waals surface area contributed by atoms with Crippen molar-refractivity contribution < 1.29 is 4.79 Å². The summed E-state index contributed by atoms with van der Waals surface area (Å²) in [6, 6.07) is 12.3. The van der Waals surface area contributed by atoms with Gasteiger partial charge in [-0.15, -0.1) is 10.2 Å². The predicted octanol–water partition coefficient (Wildman–Crippen LogP) is 3.84. The highest BCUT2D eigenvalue weighted by atomic mass is 32.2. The van der Waals surface area contributed by atoms with E-state index in [0.717, 1.165) is 54.1 Å². The van der Waals surface area contributed by atoms with Crippen LogP contribution >= 0.6 is 11.8 Å². The molecule has 0 aliphatic carbocycles. The Morgan fingerprint density at radius 2 is 1.86 bits per heavy atom. The third-order valence-electron chi connectivity index (χ3n) is 5.32. The van der Waals surface area contributed by atoms with Crippen molar-refractivity contribution in [3.63, 3.8) is 0 Å². The fourth-order valence-electron chi connectivity index (χ4n) is 3.83. The van der Waals surface area contributed by atoms with Gasteiger partial charge in [-0.05, 0) is 51.4 Å². The smallest absolute Gasteiger partial charge is 0.192 e. The van der Waals surface area contributed by atoms with Gasteiger partial charge in [0.15, 0.2) is 10.9 Å². The minimum atomic E-state index is 0.118. The van der Waals surface area contributed by atoms with Gasteiger partial charge in [0.05, 0.1) is 18.8 Å². The number of likely N-dealkylation sites (tertiary alicyclic amines) is 1. The van der Waals surface area contributed by atoms with Gasteiger partial charge in [0.1, 0.15) is 5.82 Å². The number of hydrogen-bond acceptors (Lipinski definition) is 5. The van der Waals surface area contributed by atoms with Gasteiger partial charge in [0.2, 0.25) is 0 Å². The van der Waals surface area contributed by atoms with Gasteiger partial charge >= 0.3 is 0 Å². The largest absolute Gasteiger partial charge is 0.362 e. The van der Waals surface area contributed by atoms with Crippen molar-refractivity contribution in [3.8, 4) is 0 Å². The lowest BCUT2D eigenvalue weighted by Gasteiger charge is -2.16. The number of Topliss-reactive ketones (excluding diaryl/α,β-unsaturated/α-hetero) is 1. The standard InChI is InChI=1S/C22H27N5OS/c1-16-12-19(17(2)23-16)20(28)15-29-22-25-24-21(14-26-10-6-7-11-26)27(22)13-18-8-4-3-5-9-18/h3-5,8-9,12,23H,6-7,10-11,13-15H2,1-2H3. The molecule has 0 bridgehead atoms. The molecule has 152 valence electrons. The molecule has 0 amide bonds. The van der Waals surface area contributed by atoms with Gasteiger partial charge in [0.25, 0.3) is 0 Å². The van der Waals surface area contributed by atoms with Crippen LogP contribution in [0.4, 0.5) is 0 Å². The van der Waals surface area contributed by atoms with E-state index in [-0.39, 0.29) is 5.78 Å². The van der Waals surface area contributed by atoms with Crippen LogP contribution in [-0.2, 0) is 13.1 Å². The normalized spacial score (nSPS) is 14.6. The van der Waals surface area contributed by atoms with E-state index >= 15 is 0 Å². The van der Waals surface area contributed by atoms with E-state index in [1.54, 1.807) is 0 Å². The molecule has 1 aliphatic heterocycles. The Morgan fingerprint density at radius 1 is 1.10 bits per heavy atom. The summed E-state index contributed by atoms with van der Waals surface area (Å²) in [5, 5.41) is 9.72. The van der Waals surface area contributed by atoms with E-state index in [1.165, 1.54) is 30.2 Å². The first-order valence-electron chi connectivity index (χ1n) is 10.1. The number of ketones is 1. The Kier molecular flexibility index (Phi) is 6.16. The molecule has 1 aromatic carbocycles. The molecule has 1 aliphatic rings. The number of carbonyl (C=O) groups is 1. The van der Waals surface area contributed by atoms with E-state index in [1.807, 2.05) is 38.1 Å². The average Bonchev–Trinajstić information content (AvgIpc) is 3.43. The monoisotopic (exact) mass is 409 g/mol. The highest BCUT2D eigenvalue weighted by Crippen LogP contribution is 2.23. The van der Waals surface area contributed by atoms with E-state index in [9.17, 15) is 4.79 Å². The first-order valence-corrected chi connectivity index (χ1v) is 11.1. The molecule has 0 spiro atoms. The Hall–Kier alpha value is -2.38. The van der Waals surface area contributed by atoms with Crippen LogP contribution in [0.5, 0.6) is 0 Å². The molecular weight excluding hydrogens is 382 g/mol. The summed E-state index contributed by atoms with van der Waals surface area (Å²) in [7, 11) is 0. The molecule has 1 N–H and O–H groups in total. The van der Waals surface area contributed by atoms with Gasteiger partial charge < -0.3 is 9.55 Å². The molecule has 1 saturated heterocycles. The number of carbonyl (C=O) groups excluding carboxylic acids is 1. The van der Waals surface area contributed by atoms with E-state index < -0.39 is 0 Å². The number of rotatable bonds is 8. The summed E-state index contributed by atoms with van der Waals surface area (Å²) in [4.78, 5) is 18.3. The highest BCUT2D eigenvalue weighted by molar-refractivity contribution is 7.99. The third-order valence-corrected chi connectivity index (χ3v) is 6.29. The molecule has 4 rings (SSSR count). The van der Waals surface area contributed by atoms with Crippen LogP contribution in [0.1, 0.15) is 46.0 Å². The molecule has 1 fully saturated rings. The van der Waals surface area contributed by atoms with Crippen molar-refractivity contribution in [1.29, 1.82) is 0 Å². The maximum atomic E-state index is 12.7. The topological polar surface area (TPSA) is 66.8 Å². The summed E-state index contributed by atoms with van der Waals surface area (Å²) >= 11 is 1.47. The van der Waals surface area contributed by atoms with Crippen LogP contribution < -0.4 is 0 Å². The van der Waals surface area contributed by atoms with Crippen molar-refractivity contribution >= 4 is 17.5 Å².